The van der Waals surface area contributed by atoms with E-state index < -0.39 is 0 Å². The zero-order chi connectivity index (χ0) is 11.4. The number of pyridine rings is 1. The summed E-state index contributed by atoms with van der Waals surface area (Å²) in [7, 11) is 0. The van der Waals surface area contributed by atoms with Crippen molar-refractivity contribution in [2.24, 2.45) is 5.92 Å². The van der Waals surface area contributed by atoms with E-state index >= 15 is 0 Å². The molecular weight excluding hydrogens is 200 g/mol. The van der Waals surface area contributed by atoms with E-state index in [0.717, 1.165) is 5.75 Å². The number of rotatable bonds is 3. The minimum Gasteiger partial charge on any atom is -0.489 e. The van der Waals surface area contributed by atoms with Crippen molar-refractivity contribution >= 4 is 5.82 Å². The molecule has 0 aromatic carbocycles. The molecule has 0 bridgehead atoms. The molecule has 3 heteroatoms. The van der Waals surface area contributed by atoms with Gasteiger partial charge in [-0.3, -0.25) is 0 Å². The van der Waals surface area contributed by atoms with Crippen LogP contribution in [0.3, 0.4) is 0 Å². The van der Waals surface area contributed by atoms with Gasteiger partial charge in [-0.25, -0.2) is 4.98 Å². The highest BCUT2D eigenvalue weighted by atomic mass is 16.5. The van der Waals surface area contributed by atoms with Crippen LogP contribution in [0.5, 0.6) is 5.75 Å². The molecule has 2 atom stereocenters. The van der Waals surface area contributed by atoms with Gasteiger partial charge in [0.1, 0.15) is 17.7 Å². The third kappa shape index (κ3) is 2.65. The number of nitrogens with zero attached hydrogens (tertiary/aromatic N) is 1. The first-order valence-corrected chi connectivity index (χ1v) is 6.17. The highest BCUT2D eigenvalue weighted by Gasteiger charge is 2.25. The fourth-order valence-electron chi connectivity index (χ4n) is 2.43. The summed E-state index contributed by atoms with van der Waals surface area (Å²) in [4.78, 5) is 4.05. The minimum absolute atomic E-state index is 0.365. The van der Waals surface area contributed by atoms with E-state index in [9.17, 15) is 0 Å². The molecule has 1 aromatic rings. The Morgan fingerprint density at radius 1 is 1.38 bits per heavy atom. The third-order valence-electron chi connectivity index (χ3n) is 3.41. The van der Waals surface area contributed by atoms with Crippen molar-refractivity contribution in [2.75, 3.05) is 5.73 Å². The second-order valence-electron chi connectivity index (χ2n) is 4.53. The summed E-state index contributed by atoms with van der Waals surface area (Å²) >= 11 is 0. The lowest BCUT2D eigenvalue weighted by Crippen LogP contribution is -2.29. The van der Waals surface area contributed by atoms with Crippen LogP contribution < -0.4 is 10.5 Å². The first-order chi connectivity index (χ1) is 7.79. The molecule has 88 valence electrons. The van der Waals surface area contributed by atoms with E-state index in [1.807, 2.05) is 6.07 Å². The SMILES string of the molecule is CCC1CCCCC1Oc1ccc(N)nc1. The van der Waals surface area contributed by atoms with Crippen LogP contribution in [0.1, 0.15) is 39.0 Å². The first-order valence-electron chi connectivity index (χ1n) is 6.17. The summed E-state index contributed by atoms with van der Waals surface area (Å²) in [5, 5.41) is 0. The Balaban J connectivity index is 1.99. The summed E-state index contributed by atoms with van der Waals surface area (Å²) in [6, 6.07) is 3.70. The monoisotopic (exact) mass is 220 g/mol. The molecule has 1 aromatic heterocycles. The van der Waals surface area contributed by atoms with Crippen LogP contribution in [0.25, 0.3) is 0 Å². The van der Waals surface area contributed by atoms with Crippen molar-refractivity contribution in [1.29, 1.82) is 0 Å². The van der Waals surface area contributed by atoms with Gasteiger partial charge in [0.25, 0.3) is 0 Å². The van der Waals surface area contributed by atoms with E-state index in [0.29, 0.717) is 17.8 Å². The average Bonchev–Trinajstić information content (AvgIpc) is 2.33. The Bertz CT molecular complexity index is 323. The summed E-state index contributed by atoms with van der Waals surface area (Å²) in [5.41, 5.74) is 5.55. The predicted molar refractivity (Wildman–Crippen MR) is 65.3 cm³/mol. The Hall–Kier alpha value is -1.25. The van der Waals surface area contributed by atoms with Crippen LogP contribution in [-0.4, -0.2) is 11.1 Å². The van der Waals surface area contributed by atoms with Crippen molar-refractivity contribution in [3.8, 4) is 5.75 Å². The molecule has 1 saturated carbocycles. The summed E-state index contributed by atoms with van der Waals surface area (Å²) < 4.78 is 6.00. The van der Waals surface area contributed by atoms with Crippen molar-refractivity contribution in [3.05, 3.63) is 18.3 Å². The first kappa shape index (κ1) is 11.2. The Morgan fingerprint density at radius 2 is 2.19 bits per heavy atom. The average molecular weight is 220 g/mol. The highest BCUT2D eigenvalue weighted by Crippen LogP contribution is 2.30. The second kappa shape index (κ2) is 5.19. The highest BCUT2D eigenvalue weighted by molar-refractivity contribution is 5.32. The van der Waals surface area contributed by atoms with Gasteiger partial charge in [0.2, 0.25) is 0 Å². The fraction of sp³-hybridized carbons (Fsp3) is 0.615. The Kier molecular flexibility index (Phi) is 3.65. The smallest absolute Gasteiger partial charge is 0.138 e. The molecule has 1 aliphatic rings. The molecule has 2 unspecified atom stereocenters. The van der Waals surface area contributed by atoms with Crippen LogP contribution in [0.4, 0.5) is 5.82 Å². The molecule has 0 radical (unpaired) electrons. The second-order valence-corrected chi connectivity index (χ2v) is 4.53. The Morgan fingerprint density at radius 3 is 2.88 bits per heavy atom. The van der Waals surface area contributed by atoms with E-state index in [1.54, 1.807) is 12.3 Å². The number of anilines is 1. The molecule has 1 fully saturated rings. The molecule has 2 N–H and O–H groups in total. The number of nitrogen functional groups attached to an aromatic ring is 1. The molecule has 0 saturated heterocycles. The molecule has 1 aliphatic carbocycles. The van der Waals surface area contributed by atoms with Gasteiger partial charge >= 0.3 is 0 Å². The van der Waals surface area contributed by atoms with E-state index in [1.165, 1.54) is 32.1 Å². The van der Waals surface area contributed by atoms with Crippen molar-refractivity contribution in [3.63, 3.8) is 0 Å². The van der Waals surface area contributed by atoms with Gasteiger partial charge in [-0.15, -0.1) is 0 Å². The van der Waals surface area contributed by atoms with Crippen LogP contribution in [-0.2, 0) is 0 Å². The van der Waals surface area contributed by atoms with Gasteiger partial charge in [0.15, 0.2) is 0 Å². The normalized spacial score (nSPS) is 25.3. The topological polar surface area (TPSA) is 48.1 Å². The molecule has 0 amide bonds. The lowest BCUT2D eigenvalue weighted by molar-refractivity contribution is 0.0900. The van der Waals surface area contributed by atoms with Gasteiger partial charge < -0.3 is 10.5 Å². The maximum atomic E-state index is 6.00. The maximum absolute atomic E-state index is 6.00. The van der Waals surface area contributed by atoms with Crippen LogP contribution in [0.2, 0.25) is 0 Å². The third-order valence-corrected chi connectivity index (χ3v) is 3.41. The quantitative estimate of drug-likeness (QED) is 0.851. The van der Waals surface area contributed by atoms with Crippen molar-refractivity contribution in [1.82, 2.24) is 4.98 Å². The van der Waals surface area contributed by atoms with Crippen LogP contribution in [0.15, 0.2) is 18.3 Å². The van der Waals surface area contributed by atoms with Crippen LogP contribution in [0, 0.1) is 5.92 Å². The molecule has 0 spiro atoms. The summed E-state index contributed by atoms with van der Waals surface area (Å²) in [6.45, 7) is 2.24. The fourth-order valence-corrected chi connectivity index (χ4v) is 2.43. The van der Waals surface area contributed by atoms with Gasteiger partial charge in [0.05, 0.1) is 6.20 Å². The summed E-state index contributed by atoms with van der Waals surface area (Å²) in [6.07, 6.45) is 8.38. The minimum atomic E-state index is 0.365. The Labute approximate surface area is 97.0 Å². The standard InChI is InChI=1S/C13H20N2O/c1-2-10-5-3-4-6-12(10)16-11-7-8-13(14)15-9-11/h7-10,12H,2-6H2,1H3,(H2,14,15). The number of hydrogen-bond donors (Lipinski definition) is 1. The molecule has 2 rings (SSSR count). The number of nitrogens with two attached hydrogens (primary N) is 1. The number of ether oxygens (including phenoxy) is 1. The molecule has 3 nitrogen and oxygen atoms in total. The number of hydrogen-bond acceptors (Lipinski definition) is 3. The number of aromatic nitrogens is 1. The lowest BCUT2D eigenvalue weighted by atomic mass is 9.85. The lowest BCUT2D eigenvalue weighted by Gasteiger charge is -2.31. The zero-order valence-corrected chi connectivity index (χ0v) is 9.86. The molecule has 1 heterocycles. The predicted octanol–water partition coefficient (Wildman–Crippen LogP) is 3.01. The molecule has 0 aliphatic heterocycles. The largest absolute Gasteiger partial charge is 0.489 e. The van der Waals surface area contributed by atoms with Gasteiger partial charge in [-0.05, 0) is 43.7 Å². The van der Waals surface area contributed by atoms with Gasteiger partial charge in [-0.1, -0.05) is 13.3 Å². The van der Waals surface area contributed by atoms with Crippen molar-refractivity contribution < 1.29 is 4.74 Å². The maximum Gasteiger partial charge on any atom is 0.138 e. The van der Waals surface area contributed by atoms with Crippen LogP contribution >= 0.6 is 0 Å². The molecule has 16 heavy (non-hydrogen) atoms. The van der Waals surface area contributed by atoms with E-state index in [2.05, 4.69) is 11.9 Å². The van der Waals surface area contributed by atoms with Gasteiger partial charge in [-0.2, -0.15) is 0 Å². The van der Waals surface area contributed by atoms with E-state index in [4.69, 9.17) is 10.5 Å². The summed E-state index contributed by atoms with van der Waals surface area (Å²) in [5.74, 6) is 2.09. The van der Waals surface area contributed by atoms with E-state index in [-0.39, 0.29) is 0 Å². The van der Waals surface area contributed by atoms with Crippen molar-refractivity contribution in [2.45, 2.75) is 45.1 Å². The van der Waals surface area contributed by atoms with Gasteiger partial charge in [0, 0.05) is 0 Å². The zero-order valence-electron chi connectivity index (χ0n) is 9.86. The molecular formula is C13H20N2O.